The Balaban J connectivity index is 1.90. The van der Waals surface area contributed by atoms with Gasteiger partial charge in [-0.1, -0.05) is 13.8 Å². The van der Waals surface area contributed by atoms with E-state index in [0.29, 0.717) is 5.25 Å². The molecule has 1 N–H and O–H groups in total. The molecule has 2 aliphatic heterocycles. The maximum absolute atomic E-state index is 10.1. The molecule has 4 nitrogen and oxygen atoms in total. The van der Waals surface area contributed by atoms with Gasteiger partial charge >= 0.3 is 0 Å². The summed E-state index contributed by atoms with van der Waals surface area (Å²) in [7, 11) is 0. The first-order valence-electron chi connectivity index (χ1n) is 5.70. The zero-order valence-electron chi connectivity index (χ0n) is 10.2. The largest absolute Gasteiger partial charge is 0.387 e. The van der Waals surface area contributed by atoms with Crippen molar-refractivity contribution in [1.29, 1.82) is 0 Å². The smallest absolute Gasteiger partial charge is 0.190 e. The summed E-state index contributed by atoms with van der Waals surface area (Å²) in [4.78, 5) is 0. The van der Waals surface area contributed by atoms with Crippen LogP contribution in [0.3, 0.4) is 0 Å². The van der Waals surface area contributed by atoms with Crippen molar-refractivity contribution in [3.63, 3.8) is 0 Å². The van der Waals surface area contributed by atoms with Gasteiger partial charge in [-0.15, -0.1) is 0 Å². The van der Waals surface area contributed by atoms with E-state index in [4.69, 9.17) is 14.2 Å². The van der Waals surface area contributed by atoms with Crippen LogP contribution < -0.4 is 0 Å². The van der Waals surface area contributed by atoms with E-state index in [1.807, 2.05) is 13.8 Å². The van der Waals surface area contributed by atoms with Gasteiger partial charge in [-0.2, -0.15) is 11.8 Å². The van der Waals surface area contributed by atoms with Crippen LogP contribution in [0.5, 0.6) is 0 Å². The highest BCUT2D eigenvalue weighted by molar-refractivity contribution is 7.99. The number of hydrogen-bond acceptors (Lipinski definition) is 5. The highest BCUT2D eigenvalue weighted by Gasteiger charge is 2.54. The minimum atomic E-state index is -0.646. The maximum atomic E-state index is 10.1. The number of aliphatic hydroxyl groups excluding tert-OH is 1. The van der Waals surface area contributed by atoms with Gasteiger partial charge in [0.05, 0.1) is 6.10 Å². The summed E-state index contributed by atoms with van der Waals surface area (Å²) in [6.45, 7) is 7.92. The average Bonchev–Trinajstić information content (AvgIpc) is 2.58. The number of thioether (sulfide) groups is 1. The van der Waals surface area contributed by atoms with E-state index < -0.39 is 18.2 Å². The first-order valence-corrected chi connectivity index (χ1v) is 6.75. The molecule has 2 rings (SSSR count). The van der Waals surface area contributed by atoms with E-state index in [1.54, 1.807) is 11.8 Å². The first-order chi connectivity index (χ1) is 7.39. The maximum Gasteiger partial charge on any atom is 0.190 e. The lowest BCUT2D eigenvalue weighted by molar-refractivity contribution is -0.211. The van der Waals surface area contributed by atoms with Crippen molar-refractivity contribution in [2.24, 2.45) is 0 Å². The van der Waals surface area contributed by atoms with E-state index in [9.17, 15) is 5.11 Å². The fourth-order valence-electron chi connectivity index (χ4n) is 1.98. The normalized spacial score (nSPS) is 41.6. The third-order valence-electron chi connectivity index (χ3n) is 2.71. The summed E-state index contributed by atoms with van der Waals surface area (Å²) in [6.07, 6.45) is -1.52. The molecule has 4 atom stereocenters. The van der Waals surface area contributed by atoms with Gasteiger partial charge in [-0.25, -0.2) is 0 Å². The molecule has 94 valence electrons. The Morgan fingerprint density at radius 2 is 2.00 bits per heavy atom. The predicted octanol–water partition coefficient (Wildman–Crippen LogP) is 1.37. The van der Waals surface area contributed by atoms with Gasteiger partial charge in [0.25, 0.3) is 0 Å². The molecule has 0 spiro atoms. The predicted molar refractivity (Wildman–Crippen MR) is 62.3 cm³/mol. The van der Waals surface area contributed by atoms with Crippen LogP contribution in [0.1, 0.15) is 27.7 Å². The van der Waals surface area contributed by atoms with Gasteiger partial charge in [-0.3, -0.25) is 0 Å². The molecule has 2 heterocycles. The molecule has 0 radical (unpaired) electrons. The number of aliphatic hydroxyl groups is 1. The van der Waals surface area contributed by atoms with Gasteiger partial charge in [0.15, 0.2) is 12.1 Å². The molecule has 5 heteroatoms. The summed E-state index contributed by atoms with van der Waals surface area (Å²) >= 11 is 1.77. The fraction of sp³-hybridized carbons (Fsp3) is 1.00. The summed E-state index contributed by atoms with van der Waals surface area (Å²) in [5.41, 5.74) is 0. The Hall–Kier alpha value is 0.190. The summed E-state index contributed by atoms with van der Waals surface area (Å²) < 4.78 is 16.8. The number of ether oxygens (including phenoxy) is 3. The molecule has 0 bridgehead atoms. The number of hydrogen-bond donors (Lipinski definition) is 1. The van der Waals surface area contributed by atoms with Crippen LogP contribution in [0.2, 0.25) is 0 Å². The van der Waals surface area contributed by atoms with Crippen molar-refractivity contribution in [1.82, 2.24) is 0 Å². The molecule has 0 saturated carbocycles. The molecule has 2 saturated heterocycles. The summed E-state index contributed by atoms with van der Waals surface area (Å²) in [5.74, 6) is 0.130. The Labute approximate surface area is 101 Å². The van der Waals surface area contributed by atoms with Crippen LogP contribution in [0.25, 0.3) is 0 Å². The zero-order valence-corrected chi connectivity index (χ0v) is 11.0. The van der Waals surface area contributed by atoms with Gasteiger partial charge in [-0.05, 0) is 19.1 Å². The third-order valence-corrected chi connectivity index (χ3v) is 3.90. The van der Waals surface area contributed by atoms with Crippen LogP contribution in [0, 0.1) is 0 Å². The molecule has 0 aromatic rings. The third kappa shape index (κ3) is 2.54. The van der Waals surface area contributed by atoms with Gasteiger partial charge in [0.1, 0.15) is 12.2 Å². The second-order valence-electron chi connectivity index (χ2n) is 5.02. The fourth-order valence-corrected chi connectivity index (χ4v) is 2.83. The molecule has 0 aliphatic carbocycles. The lowest BCUT2D eigenvalue weighted by atomic mass is 10.1. The van der Waals surface area contributed by atoms with E-state index >= 15 is 0 Å². The number of rotatable bonds is 3. The molecule has 0 aromatic carbocycles. The molecular weight excluding hydrogens is 228 g/mol. The zero-order chi connectivity index (χ0) is 11.9. The van der Waals surface area contributed by atoms with Gasteiger partial charge in [0, 0.05) is 5.75 Å². The summed E-state index contributed by atoms with van der Waals surface area (Å²) in [5, 5.41) is 10.6. The van der Waals surface area contributed by atoms with E-state index in [1.165, 1.54) is 0 Å². The molecular formula is C11H20O4S. The molecule has 16 heavy (non-hydrogen) atoms. The lowest BCUT2D eigenvalue weighted by Gasteiger charge is -2.23. The van der Waals surface area contributed by atoms with Crippen LogP contribution in [-0.2, 0) is 14.2 Å². The Morgan fingerprint density at radius 1 is 1.31 bits per heavy atom. The molecule has 0 aromatic heterocycles. The van der Waals surface area contributed by atoms with Crippen molar-refractivity contribution < 1.29 is 19.3 Å². The van der Waals surface area contributed by atoms with Gasteiger partial charge in [0.2, 0.25) is 0 Å². The highest BCUT2D eigenvalue weighted by Crippen LogP contribution is 2.38. The quantitative estimate of drug-likeness (QED) is 0.817. The SMILES string of the molecule is CC(C)SC[C@H]1O[C@@H]2OC(C)(C)O[C@@H]2[C@H]1O. The van der Waals surface area contributed by atoms with Crippen LogP contribution in [0.4, 0.5) is 0 Å². The minimum absolute atomic E-state index is 0.182. The van der Waals surface area contributed by atoms with Crippen molar-refractivity contribution in [3.8, 4) is 0 Å². The van der Waals surface area contributed by atoms with Crippen LogP contribution in [0.15, 0.2) is 0 Å². The van der Waals surface area contributed by atoms with Crippen molar-refractivity contribution in [3.05, 3.63) is 0 Å². The van der Waals surface area contributed by atoms with Crippen LogP contribution in [-0.4, -0.2) is 46.5 Å². The topological polar surface area (TPSA) is 47.9 Å². The monoisotopic (exact) mass is 248 g/mol. The average molecular weight is 248 g/mol. The standard InChI is InChI=1S/C11H20O4S/c1-6(2)16-5-7-8(12)9-10(13-7)15-11(3,4)14-9/h6-10,12H,5H2,1-4H3/t7-,8+,9-,10-/m1/s1. The van der Waals surface area contributed by atoms with Crippen molar-refractivity contribution in [2.75, 3.05) is 5.75 Å². The van der Waals surface area contributed by atoms with E-state index in [2.05, 4.69) is 13.8 Å². The molecule has 2 fully saturated rings. The molecule has 0 amide bonds. The minimum Gasteiger partial charge on any atom is -0.387 e. The number of fused-ring (bicyclic) bond motifs is 1. The van der Waals surface area contributed by atoms with Crippen molar-refractivity contribution >= 4 is 11.8 Å². The second kappa shape index (κ2) is 4.46. The molecule has 0 unspecified atom stereocenters. The van der Waals surface area contributed by atoms with Gasteiger partial charge < -0.3 is 19.3 Å². The van der Waals surface area contributed by atoms with E-state index in [-0.39, 0.29) is 12.2 Å². The molecule has 2 aliphatic rings. The summed E-state index contributed by atoms with van der Waals surface area (Å²) in [6, 6.07) is 0. The van der Waals surface area contributed by atoms with Crippen LogP contribution >= 0.6 is 11.8 Å². The Morgan fingerprint density at radius 3 is 2.56 bits per heavy atom. The first kappa shape index (κ1) is 12.6. The lowest BCUT2D eigenvalue weighted by Crippen LogP contribution is -2.35. The Kier molecular flexibility index (Phi) is 3.52. The second-order valence-corrected chi connectivity index (χ2v) is 6.63. The Bertz CT molecular complexity index is 256. The highest BCUT2D eigenvalue weighted by atomic mass is 32.2. The van der Waals surface area contributed by atoms with E-state index in [0.717, 1.165) is 5.75 Å². The van der Waals surface area contributed by atoms with Crippen molar-refractivity contribution in [2.45, 2.75) is 63.3 Å².